The molecule has 6 nitrogen and oxygen atoms in total. The summed E-state index contributed by atoms with van der Waals surface area (Å²) in [5.41, 5.74) is 2.92. The fourth-order valence-corrected chi connectivity index (χ4v) is 3.82. The summed E-state index contributed by atoms with van der Waals surface area (Å²) in [6, 6.07) is 3.95. The second-order valence-electron chi connectivity index (χ2n) is 5.84. The molecule has 0 spiro atoms. The van der Waals surface area contributed by atoms with Gasteiger partial charge in [-0.05, 0) is 38.8 Å². The SMILES string of the molecule is Cc1csc(N2CCC(c3nnc4ccc(C)nn34)CC2)n1. The zero-order valence-electron chi connectivity index (χ0n) is 12.7. The van der Waals surface area contributed by atoms with E-state index in [0.29, 0.717) is 5.92 Å². The lowest BCUT2D eigenvalue weighted by molar-refractivity contribution is 0.476. The van der Waals surface area contributed by atoms with Crippen LogP contribution in [0.2, 0.25) is 0 Å². The molecule has 0 radical (unpaired) electrons. The van der Waals surface area contributed by atoms with Gasteiger partial charge in [0.05, 0.1) is 11.4 Å². The first-order chi connectivity index (χ1) is 10.7. The first-order valence-electron chi connectivity index (χ1n) is 7.57. The molecule has 0 bridgehead atoms. The van der Waals surface area contributed by atoms with E-state index < -0.39 is 0 Å². The van der Waals surface area contributed by atoms with Gasteiger partial charge in [-0.25, -0.2) is 4.98 Å². The van der Waals surface area contributed by atoms with E-state index in [4.69, 9.17) is 0 Å². The van der Waals surface area contributed by atoms with Crippen LogP contribution in [0, 0.1) is 13.8 Å². The van der Waals surface area contributed by atoms with Crippen molar-refractivity contribution in [1.29, 1.82) is 0 Å². The molecule has 1 aliphatic heterocycles. The maximum absolute atomic E-state index is 4.58. The van der Waals surface area contributed by atoms with E-state index in [1.165, 1.54) is 0 Å². The van der Waals surface area contributed by atoms with Crippen LogP contribution in [0.1, 0.15) is 36.0 Å². The number of hydrogen-bond donors (Lipinski definition) is 0. The highest BCUT2D eigenvalue weighted by Gasteiger charge is 2.26. The molecule has 0 saturated carbocycles. The maximum Gasteiger partial charge on any atom is 0.185 e. The van der Waals surface area contributed by atoms with Crippen molar-refractivity contribution in [3.63, 3.8) is 0 Å². The van der Waals surface area contributed by atoms with Crippen LogP contribution in [0.15, 0.2) is 17.5 Å². The van der Waals surface area contributed by atoms with Gasteiger partial charge in [-0.2, -0.15) is 9.61 Å². The summed E-state index contributed by atoms with van der Waals surface area (Å²) in [6.07, 6.45) is 2.13. The molecule has 0 amide bonds. The Bertz CT molecular complexity index is 799. The molecule has 1 fully saturated rings. The zero-order valence-corrected chi connectivity index (χ0v) is 13.5. The molecule has 114 valence electrons. The summed E-state index contributed by atoms with van der Waals surface area (Å²) in [4.78, 5) is 6.95. The van der Waals surface area contributed by atoms with E-state index in [2.05, 4.69) is 30.6 Å². The van der Waals surface area contributed by atoms with Crippen molar-refractivity contribution in [3.8, 4) is 0 Å². The van der Waals surface area contributed by atoms with Crippen molar-refractivity contribution >= 4 is 22.1 Å². The molecular weight excluding hydrogens is 296 g/mol. The van der Waals surface area contributed by atoms with Crippen LogP contribution in [0.3, 0.4) is 0 Å². The summed E-state index contributed by atoms with van der Waals surface area (Å²) >= 11 is 1.73. The Morgan fingerprint density at radius 3 is 2.64 bits per heavy atom. The summed E-state index contributed by atoms with van der Waals surface area (Å²) in [5.74, 6) is 1.41. The van der Waals surface area contributed by atoms with Crippen LogP contribution in [0.5, 0.6) is 0 Å². The van der Waals surface area contributed by atoms with Gasteiger partial charge in [0.1, 0.15) is 0 Å². The number of hydrogen-bond acceptors (Lipinski definition) is 6. The number of piperidine rings is 1. The normalized spacial score (nSPS) is 16.5. The number of rotatable bonds is 2. The van der Waals surface area contributed by atoms with Crippen molar-refractivity contribution in [3.05, 3.63) is 34.7 Å². The molecule has 3 aromatic rings. The number of thiazole rings is 1. The quantitative estimate of drug-likeness (QED) is 0.727. The van der Waals surface area contributed by atoms with Crippen molar-refractivity contribution < 1.29 is 0 Å². The lowest BCUT2D eigenvalue weighted by Gasteiger charge is -2.30. The Kier molecular flexibility index (Phi) is 3.29. The van der Waals surface area contributed by atoms with Crippen LogP contribution in [-0.2, 0) is 0 Å². The van der Waals surface area contributed by atoms with E-state index in [0.717, 1.165) is 53.9 Å². The van der Waals surface area contributed by atoms with Crippen molar-refractivity contribution in [2.45, 2.75) is 32.6 Å². The summed E-state index contributed by atoms with van der Waals surface area (Å²) in [6.45, 7) is 6.07. The monoisotopic (exact) mass is 314 g/mol. The smallest absolute Gasteiger partial charge is 0.185 e. The molecule has 22 heavy (non-hydrogen) atoms. The average molecular weight is 314 g/mol. The largest absolute Gasteiger partial charge is 0.348 e. The Balaban J connectivity index is 1.54. The number of aromatic nitrogens is 5. The summed E-state index contributed by atoms with van der Waals surface area (Å²) in [7, 11) is 0. The highest BCUT2D eigenvalue weighted by Crippen LogP contribution is 2.30. The minimum Gasteiger partial charge on any atom is -0.348 e. The molecule has 0 aliphatic carbocycles. The number of nitrogens with zero attached hydrogens (tertiary/aromatic N) is 6. The number of fused-ring (bicyclic) bond motifs is 1. The Morgan fingerprint density at radius 1 is 1.09 bits per heavy atom. The van der Waals surface area contributed by atoms with Crippen LogP contribution < -0.4 is 4.90 Å². The molecule has 0 N–H and O–H groups in total. The van der Waals surface area contributed by atoms with Crippen molar-refractivity contribution in [2.75, 3.05) is 18.0 Å². The number of anilines is 1. The predicted molar refractivity (Wildman–Crippen MR) is 86.6 cm³/mol. The van der Waals surface area contributed by atoms with Gasteiger partial charge in [-0.15, -0.1) is 21.5 Å². The van der Waals surface area contributed by atoms with Crippen LogP contribution in [0.25, 0.3) is 5.65 Å². The molecular formula is C15H18N6S. The van der Waals surface area contributed by atoms with E-state index in [-0.39, 0.29) is 0 Å². The van der Waals surface area contributed by atoms with Gasteiger partial charge in [0.25, 0.3) is 0 Å². The lowest BCUT2D eigenvalue weighted by atomic mass is 9.96. The minimum absolute atomic E-state index is 0.418. The van der Waals surface area contributed by atoms with Crippen LogP contribution in [0.4, 0.5) is 5.13 Å². The summed E-state index contributed by atoms with van der Waals surface area (Å²) < 4.78 is 1.91. The molecule has 0 atom stereocenters. The lowest BCUT2D eigenvalue weighted by Crippen LogP contribution is -2.33. The van der Waals surface area contributed by atoms with Crippen molar-refractivity contribution in [2.24, 2.45) is 0 Å². The van der Waals surface area contributed by atoms with Gasteiger partial charge in [0, 0.05) is 24.4 Å². The van der Waals surface area contributed by atoms with E-state index in [1.54, 1.807) is 11.3 Å². The second-order valence-corrected chi connectivity index (χ2v) is 6.67. The first kappa shape index (κ1) is 13.6. The Labute approximate surface area is 132 Å². The van der Waals surface area contributed by atoms with Gasteiger partial charge in [-0.3, -0.25) is 0 Å². The second kappa shape index (κ2) is 5.31. The fourth-order valence-electron chi connectivity index (χ4n) is 2.97. The van der Waals surface area contributed by atoms with Gasteiger partial charge < -0.3 is 4.90 Å². The third-order valence-corrected chi connectivity index (χ3v) is 5.18. The van der Waals surface area contributed by atoms with Crippen LogP contribution in [-0.4, -0.2) is 37.9 Å². The fraction of sp³-hybridized carbons (Fsp3) is 0.467. The summed E-state index contributed by atoms with van der Waals surface area (Å²) in [5, 5.41) is 16.4. The van der Waals surface area contributed by atoms with Crippen LogP contribution >= 0.6 is 11.3 Å². The van der Waals surface area contributed by atoms with Gasteiger partial charge in [0.2, 0.25) is 0 Å². The standard InChI is InChI=1S/C15H18N6S/c1-10-3-4-13-17-18-14(21(13)19-10)12-5-7-20(8-6-12)15-16-11(2)9-22-15/h3-4,9,12H,5-8H2,1-2H3. The molecule has 4 rings (SSSR count). The zero-order chi connectivity index (χ0) is 15.1. The average Bonchev–Trinajstić information content (AvgIpc) is 3.13. The Morgan fingerprint density at radius 2 is 1.91 bits per heavy atom. The molecule has 7 heteroatoms. The van der Waals surface area contributed by atoms with E-state index in [9.17, 15) is 0 Å². The van der Waals surface area contributed by atoms with Gasteiger partial charge in [0.15, 0.2) is 16.6 Å². The minimum atomic E-state index is 0.418. The van der Waals surface area contributed by atoms with Gasteiger partial charge in [-0.1, -0.05) is 0 Å². The third kappa shape index (κ3) is 2.35. The highest BCUT2D eigenvalue weighted by molar-refractivity contribution is 7.13. The highest BCUT2D eigenvalue weighted by atomic mass is 32.1. The Hall–Kier alpha value is -2.02. The molecule has 1 saturated heterocycles. The van der Waals surface area contributed by atoms with E-state index >= 15 is 0 Å². The third-order valence-electron chi connectivity index (χ3n) is 4.16. The molecule has 1 aliphatic rings. The molecule has 0 aromatic carbocycles. The van der Waals surface area contributed by atoms with Crippen molar-refractivity contribution in [1.82, 2.24) is 24.8 Å². The maximum atomic E-state index is 4.58. The molecule has 4 heterocycles. The molecule has 0 unspecified atom stereocenters. The van der Waals surface area contributed by atoms with E-state index in [1.807, 2.05) is 30.5 Å². The molecule has 3 aromatic heterocycles. The topological polar surface area (TPSA) is 59.2 Å². The van der Waals surface area contributed by atoms with Gasteiger partial charge >= 0.3 is 0 Å². The first-order valence-corrected chi connectivity index (χ1v) is 8.45. The number of aryl methyl sites for hydroxylation is 2. The predicted octanol–water partition coefficient (Wildman–Crippen LogP) is 2.58.